The second-order valence-electron chi connectivity index (χ2n) is 4.02. The van der Waals surface area contributed by atoms with Gasteiger partial charge in [-0.3, -0.25) is 4.79 Å². The highest BCUT2D eigenvalue weighted by molar-refractivity contribution is 7.89. The highest BCUT2D eigenvalue weighted by Crippen LogP contribution is 2.18. The Labute approximate surface area is 103 Å². The number of carbonyl (C=O) groups is 1. The van der Waals surface area contributed by atoms with E-state index in [1.807, 2.05) is 0 Å². The number of halogens is 1. The molecule has 98 valence electrons. The first kappa shape index (κ1) is 12.8. The van der Waals surface area contributed by atoms with Crippen molar-refractivity contribution in [2.24, 2.45) is 0 Å². The summed E-state index contributed by atoms with van der Waals surface area (Å²) >= 11 is 0. The lowest BCUT2D eigenvalue weighted by Crippen LogP contribution is -2.36. The van der Waals surface area contributed by atoms with Crippen LogP contribution in [0.15, 0.2) is 23.1 Å². The van der Waals surface area contributed by atoms with Crippen molar-refractivity contribution in [2.75, 3.05) is 12.3 Å². The van der Waals surface area contributed by atoms with E-state index >= 15 is 0 Å². The molecule has 0 saturated carbocycles. The summed E-state index contributed by atoms with van der Waals surface area (Å²) in [6.45, 7) is 0.203. The molecule has 1 atom stereocenters. The standard InChI is InChI=1S/C10H12FN3O3S/c11-8-3-6(12)1-2-9(8)18(16,17)14-7-4-10(15)13-5-7/h1-3,7,14H,4-5,12H2,(H,13,15). The van der Waals surface area contributed by atoms with Crippen molar-refractivity contribution in [1.82, 2.24) is 10.0 Å². The molecule has 1 unspecified atom stereocenters. The molecule has 1 fully saturated rings. The number of nitrogens with one attached hydrogen (secondary N) is 2. The fourth-order valence-electron chi connectivity index (χ4n) is 1.71. The largest absolute Gasteiger partial charge is 0.399 e. The van der Waals surface area contributed by atoms with Crippen LogP contribution < -0.4 is 15.8 Å². The van der Waals surface area contributed by atoms with E-state index in [2.05, 4.69) is 10.0 Å². The van der Waals surface area contributed by atoms with E-state index in [4.69, 9.17) is 5.73 Å². The molecule has 0 bridgehead atoms. The third kappa shape index (κ3) is 2.59. The van der Waals surface area contributed by atoms with E-state index in [1.54, 1.807) is 0 Å². The van der Waals surface area contributed by atoms with E-state index in [0.29, 0.717) is 0 Å². The summed E-state index contributed by atoms with van der Waals surface area (Å²) in [5, 5.41) is 2.49. The van der Waals surface area contributed by atoms with Crippen LogP contribution in [0.3, 0.4) is 0 Å². The minimum Gasteiger partial charge on any atom is -0.399 e. The predicted octanol–water partition coefficient (Wildman–Crippen LogP) is -0.425. The zero-order valence-corrected chi connectivity index (χ0v) is 10.1. The van der Waals surface area contributed by atoms with Crippen LogP contribution in [0.5, 0.6) is 0 Å². The third-order valence-corrected chi connectivity index (χ3v) is 4.10. The normalized spacial score (nSPS) is 19.8. The second kappa shape index (κ2) is 4.54. The van der Waals surface area contributed by atoms with Crippen molar-refractivity contribution in [2.45, 2.75) is 17.4 Å². The maximum Gasteiger partial charge on any atom is 0.243 e. The minimum absolute atomic E-state index is 0.0514. The summed E-state index contributed by atoms with van der Waals surface area (Å²) in [5.74, 6) is -1.15. The molecule has 8 heteroatoms. The second-order valence-corrected chi connectivity index (χ2v) is 5.70. The first-order valence-electron chi connectivity index (χ1n) is 5.22. The van der Waals surface area contributed by atoms with E-state index < -0.39 is 26.8 Å². The van der Waals surface area contributed by atoms with Gasteiger partial charge in [-0.05, 0) is 18.2 Å². The molecule has 6 nitrogen and oxygen atoms in total. The smallest absolute Gasteiger partial charge is 0.243 e. The van der Waals surface area contributed by atoms with Gasteiger partial charge in [0, 0.05) is 24.7 Å². The highest BCUT2D eigenvalue weighted by atomic mass is 32.2. The van der Waals surface area contributed by atoms with E-state index in [0.717, 1.165) is 12.1 Å². The van der Waals surface area contributed by atoms with Crippen molar-refractivity contribution in [3.05, 3.63) is 24.0 Å². The van der Waals surface area contributed by atoms with E-state index in [-0.39, 0.29) is 24.6 Å². The molecular weight excluding hydrogens is 261 g/mol. The number of anilines is 1. The molecule has 1 saturated heterocycles. The van der Waals surface area contributed by atoms with Crippen molar-refractivity contribution in [1.29, 1.82) is 0 Å². The lowest BCUT2D eigenvalue weighted by molar-refractivity contribution is -0.119. The van der Waals surface area contributed by atoms with Gasteiger partial charge in [-0.25, -0.2) is 17.5 Å². The Bertz CT molecular complexity index is 588. The number of sulfonamides is 1. The summed E-state index contributed by atoms with van der Waals surface area (Å²) in [6, 6.07) is 2.78. The van der Waals surface area contributed by atoms with Crippen LogP contribution in [0.4, 0.5) is 10.1 Å². The Morgan fingerprint density at radius 3 is 2.72 bits per heavy atom. The number of benzene rings is 1. The predicted molar refractivity (Wildman–Crippen MR) is 62.5 cm³/mol. The molecule has 1 aliphatic rings. The van der Waals surface area contributed by atoms with Crippen LogP contribution >= 0.6 is 0 Å². The van der Waals surface area contributed by atoms with Gasteiger partial charge >= 0.3 is 0 Å². The summed E-state index contributed by atoms with van der Waals surface area (Å²) in [5.41, 5.74) is 5.49. The average Bonchev–Trinajstić information content (AvgIpc) is 2.62. The molecule has 2 rings (SSSR count). The zero-order valence-electron chi connectivity index (χ0n) is 9.31. The van der Waals surface area contributed by atoms with Crippen LogP contribution in [-0.4, -0.2) is 26.9 Å². The molecule has 1 aromatic carbocycles. The van der Waals surface area contributed by atoms with Crippen molar-refractivity contribution in [3.8, 4) is 0 Å². The highest BCUT2D eigenvalue weighted by Gasteiger charge is 2.28. The van der Waals surface area contributed by atoms with Crippen LogP contribution in [0.25, 0.3) is 0 Å². The first-order chi connectivity index (χ1) is 8.38. The van der Waals surface area contributed by atoms with Gasteiger partial charge in [0.2, 0.25) is 15.9 Å². The fraction of sp³-hybridized carbons (Fsp3) is 0.300. The van der Waals surface area contributed by atoms with Crippen LogP contribution in [0.1, 0.15) is 6.42 Å². The zero-order chi connectivity index (χ0) is 13.3. The number of nitrogens with two attached hydrogens (primary N) is 1. The van der Waals surface area contributed by atoms with Gasteiger partial charge in [0.05, 0.1) is 0 Å². The monoisotopic (exact) mass is 273 g/mol. The van der Waals surface area contributed by atoms with Gasteiger partial charge in [0.25, 0.3) is 0 Å². The molecule has 1 heterocycles. The van der Waals surface area contributed by atoms with Gasteiger partial charge < -0.3 is 11.1 Å². The maximum absolute atomic E-state index is 13.5. The number of hydrogen-bond acceptors (Lipinski definition) is 4. The Morgan fingerprint density at radius 2 is 2.17 bits per heavy atom. The molecule has 0 spiro atoms. The van der Waals surface area contributed by atoms with Gasteiger partial charge in [-0.1, -0.05) is 0 Å². The fourth-order valence-corrected chi connectivity index (χ4v) is 3.00. The number of carbonyl (C=O) groups excluding carboxylic acids is 1. The molecule has 0 aliphatic carbocycles. The Hall–Kier alpha value is -1.67. The summed E-state index contributed by atoms with van der Waals surface area (Å²) in [7, 11) is -3.99. The minimum atomic E-state index is -3.99. The van der Waals surface area contributed by atoms with E-state index in [9.17, 15) is 17.6 Å². The van der Waals surface area contributed by atoms with Gasteiger partial charge in [-0.2, -0.15) is 0 Å². The molecule has 1 amide bonds. The van der Waals surface area contributed by atoms with Gasteiger partial charge in [0.15, 0.2) is 0 Å². The van der Waals surface area contributed by atoms with E-state index in [1.165, 1.54) is 6.07 Å². The Morgan fingerprint density at radius 1 is 1.44 bits per heavy atom. The lowest BCUT2D eigenvalue weighted by atomic mass is 10.3. The molecule has 4 N–H and O–H groups in total. The lowest BCUT2D eigenvalue weighted by Gasteiger charge is -2.11. The third-order valence-electron chi connectivity index (χ3n) is 2.54. The quantitative estimate of drug-likeness (QED) is 0.651. The molecule has 1 aromatic rings. The molecule has 0 aromatic heterocycles. The number of nitrogen functional groups attached to an aromatic ring is 1. The van der Waals surface area contributed by atoms with Crippen molar-refractivity contribution >= 4 is 21.6 Å². The Balaban J connectivity index is 2.23. The summed E-state index contributed by atoms with van der Waals surface area (Å²) in [6.07, 6.45) is 0.0514. The van der Waals surface area contributed by atoms with Gasteiger partial charge in [0.1, 0.15) is 10.7 Å². The van der Waals surface area contributed by atoms with Crippen molar-refractivity contribution < 1.29 is 17.6 Å². The molecule has 1 aliphatic heterocycles. The number of hydrogen-bond donors (Lipinski definition) is 3. The first-order valence-corrected chi connectivity index (χ1v) is 6.71. The van der Waals surface area contributed by atoms with Crippen LogP contribution in [0.2, 0.25) is 0 Å². The molecule has 0 radical (unpaired) electrons. The van der Waals surface area contributed by atoms with Gasteiger partial charge in [-0.15, -0.1) is 0 Å². The van der Waals surface area contributed by atoms with Crippen LogP contribution in [0, 0.1) is 5.82 Å². The molecule has 18 heavy (non-hydrogen) atoms. The maximum atomic E-state index is 13.5. The number of amides is 1. The average molecular weight is 273 g/mol. The summed E-state index contributed by atoms with van der Waals surface area (Å²) < 4.78 is 39.6. The topological polar surface area (TPSA) is 101 Å². The Kier molecular flexibility index (Phi) is 3.22. The van der Waals surface area contributed by atoms with Crippen LogP contribution in [-0.2, 0) is 14.8 Å². The SMILES string of the molecule is Nc1ccc(S(=O)(=O)NC2CNC(=O)C2)c(F)c1. The van der Waals surface area contributed by atoms with Crippen molar-refractivity contribution in [3.63, 3.8) is 0 Å². The summed E-state index contributed by atoms with van der Waals surface area (Å²) in [4.78, 5) is 10.5. The number of rotatable bonds is 3. The molecular formula is C10H12FN3O3S.